The summed E-state index contributed by atoms with van der Waals surface area (Å²) < 4.78 is 54.7. The van der Waals surface area contributed by atoms with Gasteiger partial charge >= 0.3 is 0 Å². The highest BCUT2D eigenvalue weighted by atomic mass is 35.5. The zero-order chi connectivity index (χ0) is 25.6. The van der Waals surface area contributed by atoms with Gasteiger partial charge in [-0.25, -0.2) is 22.2 Å². The van der Waals surface area contributed by atoms with E-state index in [-0.39, 0.29) is 23.0 Å². The number of para-hydroxylation sites is 1. The molecule has 0 unspecified atom stereocenters. The zero-order valence-corrected chi connectivity index (χ0v) is 20.3. The van der Waals surface area contributed by atoms with Crippen molar-refractivity contribution < 1.29 is 17.2 Å². The first-order valence-corrected chi connectivity index (χ1v) is 13.0. The van der Waals surface area contributed by atoms with Crippen molar-refractivity contribution in [3.05, 3.63) is 105 Å². The highest BCUT2D eigenvalue weighted by Gasteiger charge is 2.20. The van der Waals surface area contributed by atoms with Gasteiger partial charge in [0.05, 0.1) is 33.1 Å². The van der Waals surface area contributed by atoms with E-state index in [0.29, 0.717) is 27.3 Å². The van der Waals surface area contributed by atoms with Gasteiger partial charge in [0.1, 0.15) is 17.5 Å². The number of imidazole rings is 1. The van der Waals surface area contributed by atoms with E-state index in [1.54, 1.807) is 42.5 Å². The second-order valence-corrected chi connectivity index (χ2v) is 10.7. The van der Waals surface area contributed by atoms with E-state index in [1.165, 1.54) is 22.8 Å². The van der Waals surface area contributed by atoms with Gasteiger partial charge in [0, 0.05) is 18.4 Å². The largest absolute Gasteiger partial charge is 0.275 e. The molecule has 0 amide bonds. The molecule has 182 valence electrons. The van der Waals surface area contributed by atoms with Crippen LogP contribution < -0.4 is 5.56 Å². The van der Waals surface area contributed by atoms with Crippen LogP contribution in [0.1, 0.15) is 5.56 Å². The van der Waals surface area contributed by atoms with Crippen molar-refractivity contribution in [2.75, 3.05) is 6.26 Å². The lowest BCUT2D eigenvalue weighted by atomic mass is 10.2. The molecule has 36 heavy (non-hydrogen) atoms. The number of rotatable bonds is 5. The zero-order valence-electron chi connectivity index (χ0n) is 18.7. The molecule has 0 radical (unpaired) electrons. The number of hydrogen-bond acceptors (Lipinski definition) is 5. The lowest BCUT2D eigenvalue weighted by Crippen LogP contribution is -2.22. The summed E-state index contributed by atoms with van der Waals surface area (Å²) in [6.07, 6.45) is 1.12. The molecule has 0 aliphatic carbocycles. The Morgan fingerprint density at radius 2 is 1.75 bits per heavy atom. The fourth-order valence-electron chi connectivity index (χ4n) is 3.92. The molecule has 5 rings (SSSR count). The van der Waals surface area contributed by atoms with Gasteiger partial charge in [0.15, 0.2) is 15.7 Å². The predicted molar refractivity (Wildman–Crippen MR) is 133 cm³/mol. The maximum absolute atomic E-state index is 14.9. The monoisotopic (exact) mass is 526 g/mol. The molecule has 0 bridgehead atoms. The lowest BCUT2D eigenvalue weighted by Gasteiger charge is -2.12. The van der Waals surface area contributed by atoms with Gasteiger partial charge in [0.25, 0.3) is 5.56 Å². The summed E-state index contributed by atoms with van der Waals surface area (Å²) >= 11 is 6.28. The Hall–Kier alpha value is -3.89. The molecule has 0 fully saturated rings. The lowest BCUT2D eigenvalue weighted by molar-refractivity contribution is 0.584. The summed E-state index contributed by atoms with van der Waals surface area (Å²) in [5, 5.41) is 4.76. The van der Waals surface area contributed by atoms with Crippen LogP contribution in [0.5, 0.6) is 0 Å². The van der Waals surface area contributed by atoms with E-state index in [1.807, 2.05) is 0 Å². The number of benzene rings is 3. The third-order valence-electron chi connectivity index (χ3n) is 5.42. The molecular weight excluding hydrogens is 510 g/mol. The molecule has 0 aliphatic rings. The number of halogens is 3. The summed E-state index contributed by atoms with van der Waals surface area (Å²) in [5.74, 6) is -1.49. The molecule has 2 aromatic heterocycles. The van der Waals surface area contributed by atoms with Gasteiger partial charge in [-0.05, 0) is 48.0 Å². The molecule has 0 saturated heterocycles. The third kappa shape index (κ3) is 4.52. The van der Waals surface area contributed by atoms with E-state index in [2.05, 4.69) is 10.1 Å². The summed E-state index contributed by atoms with van der Waals surface area (Å²) in [7, 11) is -3.31. The van der Waals surface area contributed by atoms with Gasteiger partial charge in [-0.2, -0.15) is 4.68 Å². The first-order valence-electron chi connectivity index (χ1n) is 10.6. The molecule has 0 spiro atoms. The van der Waals surface area contributed by atoms with E-state index in [4.69, 9.17) is 11.6 Å². The fraction of sp³-hybridized carbons (Fsp3) is 0.0800. The first-order chi connectivity index (χ1) is 17.1. The highest BCUT2D eigenvalue weighted by molar-refractivity contribution is 7.89. The fourth-order valence-corrected chi connectivity index (χ4v) is 4.92. The molecule has 2 heterocycles. The second-order valence-electron chi connectivity index (χ2n) is 8.18. The molecule has 3 aromatic carbocycles. The van der Waals surface area contributed by atoms with Crippen LogP contribution in [0.15, 0.2) is 77.6 Å². The summed E-state index contributed by atoms with van der Waals surface area (Å²) in [6, 6.07) is 17.4. The molecular formula is C25H17ClF2N4O3S. The van der Waals surface area contributed by atoms with Gasteiger partial charge < -0.3 is 0 Å². The van der Waals surface area contributed by atoms with Crippen LogP contribution in [0.4, 0.5) is 8.78 Å². The Morgan fingerprint density at radius 3 is 2.47 bits per heavy atom. The minimum atomic E-state index is -3.31. The smallest absolute Gasteiger partial charge is 0.271 e. The molecule has 7 nitrogen and oxygen atoms in total. The quantitative estimate of drug-likeness (QED) is 0.331. The molecule has 0 N–H and O–H groups in total. The minimum Gasteiger partial charge on any atom is -0.275 e. The van der Waals surface area contributed by atoms with Crippen molar-refractivity contribution in [2.24, 2.45) is 0 Å². The Bertz CT molecular complexity index is 1820. The SMILES string of the molecule is CS(=O)(=O)Cc1ccc2c(c1)nc(-c1ccc(F)cc1F)n2-c1ccc(=O)n(-c2ccccc2Cl)n1. The van der Waals surface area contributed by atoms with Crippen LogP contribution in [-0.4, -0.2) is 34.0 Å². The van der Waals surface area contributed by atoms with E-state index in [9.17, 15) is 22.0 Å². The molecule has 11 heteroatoms. The van der Waals surface area contributed by atoms with Crippen molar-refractivity contribution in [3.8, 4) is 22.9 Å². The Balaban J connectivity index is 1.79. The second kappa shape index (κ2) is 8.96. The molecule has 0 atom stereocenters. The molecule has 0 saturated carbocycles. The van der Waals surface area contributed by atoms with Crippen LogP contribution in [0.2, 0.25) is 5.02 Å². The standard InChI is InChI=1S/C25H17ClF2N4O3S/c1-36(34,35)14-15-6-9-22-20(12-15)29-25(17-8-7-16(27)13-19(17)28)31(22)23-10-11-24(33)32(30-23)21-5-3-2-4-18(21)26/h2-13H,14H2,1H3. The van der Waals surface area contributed by atoms with Crippen molar-refractivity contribution in [1.82, 2.24) is 19.3 Å². The highest BCUT2D eigenvalue weighted by Crippen LogP contribution is 2.31. The normalized spacial score (nSPS) is 11.8. The van der Waals surface area contributed by atoms with Crippen LogP contribution in [0.25, 0.3) is 33.9 Å². The van der Waals surface area contributed by atoms with Crippen LogP contribution in [-0.2, 0) is 15.6 Å². The van der Waals surface area contributed by atoms with Gasteiger partial charge in [-0.15, -0.1) is 5.10 Å². The van der Waals surface area contributed by atoms with Crippen LogP contribution >= 0.6 is 11.6 Å². The van der Waals surface area contributed by atoms with Crippen molar-refractivity contribution in [3.63, 3.8) is 0 Å². The van der Waals surface area contributed by atoms with Gasteiger partial charge in [-0.3, -0.25) is 9.36 Å². The number of fused-ring (bicyclic) bond motifs is 1. The first kappa shape index (κ1) is 23.8. The molecule has 5 aromatic rings. The average Bonchev–Trinajstić information content (AvgIpc) is 3.17. The summed E-state index contributed by atoms with van der Waals surface area (Å²) in [4.78, 5) is 17.2. The number of aromatic nitrogens is 4. The van der Waals surface area contributed by atoms with Crippen molar-refractivity contribution >= 4 is 32.5 Å². The topological polar surface area (TPSA) is 86.9 Å². The minimum absolute atomic E-state index is 0.00504. The van der Waals surface area contributed by atoms with E-state index in [0.717, 1.165) is 23.1 Å². The van der Waals surface area contributed by atoms with Crippen molar-refractivity contribution in [1.29, 1.82) is 0 Å². The Kier molecular flexibility index (Phi) is 5.93. The number of hydrogen-bond donors (Lipinski definition) is 0. The van der Waals surface area contributed by atoms with Gasteiger partial charge in [0.2, 0.25) is 0 Å². The third-order valence-corrected chi connectivity index (χ3v) is 6.59. The summed E-state index contributed by atoms with van der Waals surface area (Å²) in [5.41, 5.74) is 1.24. The predicted octanol–water partition coefficient (Wildman–Crippen LogP) is 4.71. The number of nitrogens with zero attached hydrogens (tertiary/aromatic N) is 4. The maximum atomic E-state index is 14.9. The Labute approximate surface area is 209 Å². The van der Waals surface area contributed by atoms with Crippen LogP contribution in [0.3, 0.4) is 0 Å². The van der Waals surface area contributed by atoms with Crippen LogP contribution in [0, 0.1) is 11.6 Å². The maximum Gasteiger partial charge on any atom is 0.271 e. The van der Waals surface area contributed by atoms with E-state index >= 15 is 0 Å². The van der Waals surface area contributed by atoms with E-state index < -0.39 is 27.0 Å². The summed E-state index contributed by atoms with van der Waals surface area (Å²) in [6.45, 7) is 0. The molecule has 0 aliphatic heterocycles. The average molecular weight is 527 g/mol. The number of sulfone groups is 1. The van der Waals surface area contributed by atoms with Gasteiger partial charge in [-0.1, -0.05) is 29.8 Å². The van der Waals surface area contributed by atoms with Crippen molar-refractivity contribution in [2.45, 2.75) is 5.75 Å². The Morgan fingerprint density at radius 1 is 0.972 bits per heavy atom.